The van der Waals surface area contributed by atoms with Gasteiger partial charge < -0.3 is 5.11 Å². The van der Waals surface area contributed by atoms with Crippen LogP contribution in [-0.4, -0.2) is 34.7 Å². The molecule has 0 heterocycles. The third-order valence-electron chi connectivity index (χ3n) is 3.21. The lowest BCUT2D eigenvalue weighted by molar-refractivity contribution is -0.148. The van der Waals surface area contributed by atoms with Gasteiger partial charge in [-0.15, -0.1) is 0 Å². The Labute approximate surface area is 115 Å². The molecule has 0 aromatic heterocycles. The third kappa shape index (κ3) is 4.85. The lowest BCUT2D eigenvalue weighted by Gasteiger charge is -2.23. The Morgan fingerprint density at radius 3 is 2.20 bits per heavy atom. The predicted molar refractivity (Wildman–Crippen MR) is 67.3 cm³/mol. The van der Waals surface area contributed by atoms with Crippen LogP contribution in [0.5, 0.6) is 0 Å². The minimum absolute atomic E-state index is 0.0234. The largest absolute Gasteiger partial charge is 0.481 e. The predicted octanol–water partition coefficient (Wildman–Crippen LogP) is 2.84. The van der Waals surface area contributed by atoms with Crippen molar-refractivity contribution in [1.82, 2.24) is 4.90 Å². The Hall–Kier alpha value is -1.56. The third-order valence-corrected chi connectivity index (χ3v) is 3.21. The second-order valence-electron chi connectivity index (χ2n) is 5.14. The monoisotopic (exact) mass is 287 g/mol. The van der Waals surface area contributed by atoms with Gasteiger partial charge in [0.2, 0.25) is 0 Å². The standard InChI is InChI=1S/C14H16F3NO2/c15-14(16,17)9-18(12-5-6-12)8-11-3-1-10(2-4-11)7-13(19)20/h1-4,12H,5-9H2,(H,19,20). The molecule has 0 unspecified atom stereocenters. The summed E-state index contributed by atoms with van der Waals surface area (Å²) in [6, 6.07) is 6.73. The molecular formula is C14H16F3NO2. The van der Waals surface area contributed by atoms with Crippen molar-refractivity contribution in [3.05, 3.63) is 35.4 Å². The second kappa shape index (κ2) is 5.83. The van der Waals surface area contributed by atoms with Gasteiger partial charge in [-0.25, -0.2) is 0 Å². The van der Waals surface area contributed by atoms with Gasteiger partial charge in [0.25, 0.3) is 0 Å². The molecule has 20 heavy (non-hydrogen) atoms. The Balaban J connectivity index is 1.98. The van der Waals surface area contributed by atoms with Crippen LogP contribution < -0.4 is 0 Å². The summed E-state index contributed by atoms with van der Waals surface area (Å²) in [4.78, 5) is 12.0. The summed E-state index contributed by atoms with van der Waals surface area (Å²) in [5, 5.41) is 8.66. The van der Waals surface area contributed by atoms with Gasteiger partial charge in [-0.3, -0.25) is 9.69 Å². The quantitative estimate of drug-likeness (QED) is 0.874. The van der Waals surface area contributed by atoms with Crippen LogP contribution in [0.4, 0.5) is 13.2 Å². The van der Waals surface area contributed by atoms with Gasteiger partial charge in [-0.1, -0.05) is 24.3 Å². The van der Waals surface area contributed by atoms with E-state index in [-0.39, 0.29) is 19.0 Å². The van der Waals surface area contributed by atoms with E-state index < -0.39 is 18.7 Å². The highest BCUT2D eigenvalue weighted by molar-refractivity contribution is 5.70. The average Bonchev–Trinajstić information content (AvgIpc) is 3.12. The van der Waals surface area contributed by atoms with Gasteiger partial charge in [0.1, 0.15) is 0 Å². The summed E-state index contributed by atoms with van der Waals surface area (Å²) in [5.41, 5.74) is 1.42. The van der Waals surface area contributed by atoms with Crippen LogP contribution in [0.3, 0.4) is 0 Å². The molecule has 1 saturated carbocycles. The number of rotatable bonds is 6. The summed E-state index contributed by atoms with van der Waals surface area (Å²) >= 11 is 0. The molecule has 1 aliphatic carbocycles. The molecule has 0 amide bonds. The molecule has 0 radical (unpaired) electrons. The molecule has 2 rings (SSSR count). The number of benzene rings is 1. The van der Waals surface area contributed by atoms with E-state index in [1.54, 1.807) is 24.3 Å². The van der Waals surface area contributed by atoms with Crippen molar-refractivity contribution < 1.29 is 23.1 Å². The van der Waals surface area contributed by atoms with E-state index in [0.717, 1.165) is 18.4 Å². The number of alkyl halides is 3. The number of nitrogens with zero attached hydrogens (tertiary/aromatic N) is 1. The summed E-state index contributed by atoms with van der Waals surface area (Å²) in [5.74, 6) is -0.922. The highest BCUT2D eigenvalue weighted by Crippen LogP contribution is 2.31. The summed E-state index contributed by atoms with van der Waals surface area (Å²) in [7, 11) is 0. The van der Waals surface area contributed by atoms with Crippen LogP contribution >= 0.6 is 0 Å². The molecular weight excluding hydrogens is 271 g/mol. The number of aliphatic carboxylic acids is 1. The van der Waals surface area contributed by atoms with Crippen molar-refractivity contribution in [2.75, 3.05) is 6.54 Å². The first-order valence-electron chi connectivity index (χ1n) is 6.44. The van der Waals surface area contributed by atoms with Crippen LogP contribution in [0.1, 0.15) is 24.0 Å². The first-order chi connectivity index (χ1) is 9.33. The molecule has 1 N–H and O–H groups in total. The fourth-order valence-electron chi connectivity index (χ4n) is 2.16. The molecule has 0 bridgehead atoms. The minimum Gasteiger partial charge on any atom is -0.481 e. The fraction of sp³-hybridized carbons (Fsp3) is 0.500. The SMILES string of the molecule is O=C(O)Cc1ccc(CN(CC(F)(F)F)C2CC2)cc1. The zero-order valence-corrected chi connectivity index (χ0v) is 10.9. The molecule has 0 atom stereocenters. The van der Waals surface area contributed by atoms with Crippen LogP contribution in [0.25, 0.3) is 0 Å². The van der Waals surface area contributed by atoms with E-state index >= 15 is 0 Å². The van der Waals surface area contributed by atoms with E-state index in [9.17, 15) is 18.0 Å². The number of carbonyl (C=O) groups is 1. The molecule has 1 fully saturated rings. The average molecular weight is 287 g/mol. The number of carboxylic acids is 1. The molecule has 1 aromatic carbocycles. The zero-order chi connectivity index (χ0) is 14.8. The Morgan fingerprint density at radius 1 is 1.20 bits per heavy atom. The molecule has 0 aliphatic heterocycles. The van der Waals surface area contributed by atoms with Gasteiger partial charge in [-0.05, 0) is 24.0 Å². The van der Waals surface area contributed by atoms with Crippen LogP contribution in [0, 0.1) is 0 Å². The maximum Gasteiger partial charge on any atom is 0.401 e. The molecule has 0 saturated heterocycles. The van der Waals surface area contributed by atoms with E-state index in [0.29, 0.717) is 5.56 Å². The number of hydrogen-bond donors (Lipinski definition) is 1. The number of halogens is 3. The first kappa shape index (κ1) is 14.8. The molecule has 110 valence electrons. The van der Waals surface area contributed by atoms with E-state index in [4.69, 9.17) is 5.11 Å². The topological polar surface area (TPSA) is 40.5 Å². The zero-order valence-electron chi connectivity index (χ0n) is 10.9. The summed E-state index contributed by atoms with van der Waals surface area (Å²) in [6.45, 7) is -0.647. The maximum atomic E-state index is 12.5. The van der Waals surface area contributed by atoms with Gasteiger partial charge in [0.15, 0.2) is 0 Å². The van der Waals surface area contributed by atoms with Crippen molar-refractivity contribution in [2.45, 2.75) is 38.0 Å². The van der Waals surface area contributed by atoms with Crippen molar-refractivity contribution in [3.8, 4) is 0 Å². The van der Waals surface area contributed by atoms with Gasteiger partial charge in [-0.2, -0.15) is 13.2 Å². The fourth-order valence-corrected chi connectivity index (χ4v) is 2.16. The highest BCUT2D eigenvalue weighted by Gasteiger charge is 2.37. The number of hydrogen-bond acceptors (Lipinski definition) is 2. The Morgan fingerprint density at radius 2 is 1.75 bits per heavy atom. The van der Waals surface area contributed by atoms with E-state index in [2.05, 4.69) is 0 Å². The summed E-state index contributed by atoms with van der Waals surface area (Å²) < 4.78 is 37.5. The first-order valence-corrected chi connectivity index (χ1v) is 6.44. The Bertz CT molecular complexity index is 466. The molecule has 0 spiro atoms. The molecule has 6 heteroatoms. The van der Waals surface area contributed by atoms with Gasteiger partial charge >= 0.3 is 12.1 Å². The maximum absolute atomic E-state index is 12.5. The minimum atomic E-state index is -4.19. The van der Waals surface area contributed by atoms with Crippen molar-refractivity contribution in [2.24, 2.45) is 0 Å². The van der Waals surface area contributed by atoms with Crippen molar-refractivity contribution in [1.29, 1.82) is 0 Å². The van der Waals surface area contributed by atoms with Gasteiger partial charge in [0, 0.05) is 12.6 Å². The Kier molecular flexibility index (Phi) is 4.32. The highest BCUT2D eigenvalue weighted by atomic mass is 19.4. The van der Waals surface area contributed by atoms with E-state index in [1.165, 1.54) is 4.90 Å². The normalized spacial score (nSPS) is 15.6. The second-order valence-corrected chi connectivity index (χ2v) is 5.14. The van der Waals surface area contributed by atoms with Crippen molar-refractivity contribution in [3.63, 3.8) is 0 Å². The molecule has 1 aromatic rings. The number of carboxylic acid groups (broad SMARTS) is 1. The van der Waals surface area contributed by atoms with Crippen LogP contribution in [0.2, 0.25) is 0 Å². The van der Waals surface area contributed by atoms with Gasteiger partial charge in [0.05, 0.1) is 13.0 Å². The summed E-state index contributed by atoms with van der Waals surface area (Å²) in [6.07, 6.45) is -2.64. The van der Waals surface area contributed by atoms with Crippen LogP contribution in [0.15, 0.2) is 24.3 Å². The lowest BCUT2D eigenvalue weighted by atomic mass is 10.1. The molecule has 3 nitrogen and oxygen atoms in total. The van der Waals surface area contributed by atoms with E-state index in [1.807, 2.05) is 0 Å². The molecule has 1 aliphatic rings. The smallest absolute Gasteiger partial charge is 0.401 e. The van der Waals surface area contributed by atoms with Crippen molar-refractivity contribution >= 4 is 5.97 Å². The van der Waals surface area contributed by atoms with Crippen LogP contribution in [-0.2, 0) is 17.8 Å². The lowest BCUT2D eigenvalue weighted by Crippen LogP contribution is -2.35.